The van der Waals surface area contributed by atoms with Crippen molar-refractivity contribution in [2.75, 3.05) is 15.4 Å². The van der Waals surface area contributed by atoms with Crippen LogP contribution in [0.2, 0.25) is 0 Å². The van der Waals surface area contributed by atoms with E-state index in [2.05, 4.69) is 21.9 Å². The molecule has 8 heteroatoms. The molecule has 3 rings (SSSR count). The van der Waals surface area contributed by atoms with E-state index in [9.17, 15) is 17.2 Å². The van der Waals surface area contributed by atoms with Crippen molar-refractivity contribution >= 4 is 27.1 Å². The second-order valence-corrected chi connectivity index (χ2v) is 6.32. The largest absolute Gasteiger partial charge is 0.341 e. The highest BCUT2D eigenvalue weighted by Crippen LogP contribution is 2.33. The molecule has 0 spiro atoms. The summed E-state index contributed by atoms with van der Waals surface area (Å²) in [6.07, 6.45) is 0. The standard InChI is InChI=1S/C14H11F2N3O2S/c1-8-17-12-4-3-10(7-13(12)18-8)19-22(20,21)14-5-2-9(15)6-11(14)16/h2-7,17-19H,1H2. The third kappa shape index (κ3) is 2.60. The van der Waals surface area contributed by atoms with Gasteiger partial charge in [-0.1, -0.05) is 6.58 Å². The lowest BCUT2D eigenvalue weighted by Gasteiger charge is -2.10. The van der Waals surface area contributed by atoms with Crippen LogP contribution < -0.4 is 15.4 Å². The average molecular weight is 323 g/mol. The number of rotatable bonds is 3. The van der Waals surface area contributed by atoms with Gasteiger partial charge in [0, 0.05) is 6.07 Å². The van der Waals surface area contributed by atoms with E-state index in [0.29, 0.717) is 17.6 Å². The van der Waals surface area contributed by atoms with Gasteiger partial charge < -0.3 is 10.6 Å². The van der Waals surface area contributed by atoms with Crippen molar-refractivity contribution in [2.24, 2.45) is 0 Å². The zero-order valence-corrected chi connectivity index (χ0v) is 12.0. The van der Waals surface area contributed by atoms with Gasteiger partial charge >= 0.3 is 0 Å². The Balaban J connectivity index is 1.92. The molecule has 0 bridgehead atoms. The third-order valence-corrected chi connectivity index (χ3v) is 4.44. The van der Waals surface area contributed by atoms with Crippen molar-refractivity contribution in [3.63, 3.8) is 0 Å². The number of benzene rings is 2. The first-order valence-corrected chi connectivity index (χ1v) is 7.68. The maximum absolute atomic E-state index is 13.6. The molecule has 0 aromatic heterocycles. The number of hydrogen-bond donors (Lipinski definition) is 3. The van der Waals surface area contributed by atoms with Crippen LogP contribution in [0.3, 0.4) is 0 Å². The van der Waals surface area contributed by atoms with Gasteiger partial charge in [0.1, 0.15) is 22.4 Å². The van der Waals surface area contributed by atoms with Crippen LogP contribution in [0, 0.1) is 11.6 Å². The molecule has 2 aromatic rings. The van der Waals surface area contributed by atoms with Crippen LogP contribution in [-0.2, 0) is 10.0 Å². The highest BCUT2D eigenvalue weighted by atomic mass is 32.2. The van der Waals surface area contributed by atoms with Crippen LogP contribution in [-0.4, -0.2) is 8.42 Å². The monoisotopic (exact) mass is 323 g/mol. The second kappa shape index (κ2) is 4.99. The highest BCUT2D eigenvalue weighted by molar-refractivity contribution is 7.92. The molecule has 22 heavy (non-hydrogen) atoms. The Morgan fingerprint density at radius 2 is 1.73 bits per heavy atom. The summed E-state index contributed by atoms with van der Waals surface area (Å²) in [6, 6.07) is 6.99. The maximum atomic E-state index is 13.6. The summed E-state index contributed by atoms with van der Waals surface area (Å²) in [7, 11) is -4.15. The first-order chi connectivity index (χ1) is 10.3. The molecule has 5 nitrogen and oxygen atoms in total. The van der Waals surface area contributed by atoms with E-state index in [-0.39, 0.29) is 5.69 Å². The van der Waals surface area contributed by atoms with Gasteiger partial charge in [0.15, 0.2) is 0 Å². The van der Waals surface area contributed by atoms with Gasteiger partial charge in [-0.25, -0.2) is 17.2 Å². The summed E-state index contributed by atoms with van der Waals surface area (Å²) in [4.78, 5) is -0.620. The summed E-state index contributed by atoms with van der Waals surface area (Å²) in [5, 5.41) is 5.87. The molecule has 1 aliphatic rings. The molecular weight excluding hydrogens is 312 g/mol. The van der Waals surface area contributed by atoms with E-state index in [4.69, 9.17) is 0 Å². The van der Waals surface area contributed by atoms with Crippen LogP contribution in [0.15, 0.2) is 53.7 Å². The summed E-state index contributed by atoms with van der Waals surface area (Å²) in [5.74, 6) is -1.43. The molecule has 0 fully saturated rings. The zero-order valence-electron chi connectivity index (χ0n) is 11.2. The number of fused-ring (bicyclic) bond motifs is 1. The van der Waals surface area contributed by atoms with Gasteiger partial charge in [-0.05, 0) is 30.3 Å². The predicted molar refractivity (Wildman–Crippen MR) is 80.0 cm³/mol. The molecule has 1 heterocycles. The van der Waals surface area contributed by atoms with E-state index in [1.165, 1.54) is 6.07 Å². The topological polar surface area (TPSA) is 70.2 Å². The van der Waals surface area contributed by atoms with E-state index >= 15 is 0 Å². The lowest BCUT2D eigenvalue weighted by Crippen LogP contribution is -2.14. The number of nitrogens with one attached hydrogen (secondary N) is 3. The predicted octanol–water partition coefficient (Wildman–Crippen LogP) is 3.07. The van der Waals surface area contributed by atoms with E-state index in [1.807, 2.05) is 0 Å². The van der Waals surface area contributed by atoms with Crippen LogP contribution >= 0.6 is 0 Å². The molecule has 0 saturated carbocycles. The van der Waals surface area contributed by atoms with Crippen molar-refractivity contribution in [3.05, 3.63) is 60.4 Å². The fraction of sp³-hybridized carbons (Fsp3) is 0. The zero-order chi connectivity index (χ0) is 15.9. The lowest BCUT2D eigenvalue weighted by molar-refractivity contribution is 0.551. The number of anilines is 3. The number of sulfonamides is 1. The Labute approximate surface area is 125 Å². The normalized spacial score (nSPS) is 13.3. The van der Waals surface area contributed by atoms with Gasteiger partial charge in [0.25, 0.3) is 10.0 Å². The van der Waals surface area contributed by atoms with Gasteiger partial charge in [-0.3, -0.25) is 4.72 Å². The highest BCUT2D eigenvalue weighted by Gasteiger charge is 2.21. The fourth-order valence-electron chi connectivity index (χ4n) is 2.08. The van der Waals surface area contributed by atoms with E-state index < -0.39 is 26.6 Å². The first-order valence-electron chi connectivity index (χ1n) is 6.20. The van der Waals surface area contributed by atoms with Crippen molar-refractivity contribution in [1.29, 1.82) is 0 Å². The molecule has 0 atom stereocenters. The van der Waals surface area contributed by atoms with Crippen molar-refractivity contribution in [1.82, 2.24) is 0 Å². The molecule has 0 radical (unpaired) electrons. The molecule has 0 aliphatic carbocycles. The Kier molecular flexibility index (Phi) is 3.25. The Morgan fingerprint density at radius 1 is 1.00 bits per heavy atom. The summed E-state index contributed by atoms with van der Waals surface area (Å²) in [5.41, 5.74) is 1.64. The van der Waals surface area contributed by atoms with E-state index in [0.717, 1.165) is 17.8 Å². The Morgan fingerprint density at radius 3 is 2.45 bits per heavy atom. The maximum Gasteiger partial charge on any atom is 0.264 e. The lowest BCUT2D eigenvalue weighted by atomic mass is 10.2. The second-order valence-electron chi connectivity index (χ2n) is 4.67. The Hall–Kier alpha value is -2.61. The van der Waals surface area contributed by atoms with Crippen LogP contribution in [0.1, 0.15) is 0 Å². The Bertz CT molecular complexity index is 882. The molecule has 0 amide bonds. The minimum absolute atomic E-state index is 0.242. The van der Waals surface area contributed by atoms with Gasteiger partial charge in [0.2, 0.25) is 0 Å². The van der Waals surface area contributed by atoms with E-state index in [1.54, 1.807) is 12.1 Å². The summed E-state index contributed by atoms with van der Waals surface area (Å²) >= 11 is 0. The smallest absolute Gasteiger partial charge is 0.264 e. The molecule has 114 valence electrons. The summed E-state index contributed by atoms with van der Waals surface area (Å²) in [6.45, 7) is 3.69. The average Bonchev–Trinajstić information content (AvgIpc) is 2.77. The minimum atomic E-state index is -4.15. The van der Waals surface area contributed by atoms with Crippen LogP contribution in [0.4, 0.5) is 25.8 Å². The molecule has 0 unspecified atom stereocenters. The molecule has 1 aliphatic heterocycles. The summed E-state index contributed by atoms with van der Waals surface area (Å²) < 4.78 is 53.1. The quantitative estimate of drug-likeness (QED) is 0.812. The van der Waals surface area contributed by atoms with Crippen LogP contribution in [0.5, 0.6) is 0 Å². The van der Waals surface area contributed by atoms with Crippen molar-refractivity contribution in [2.45, 2.75) is 4.90 Å². The molecule has 2 aromatic carbocycles. The van der Waals surface area contributed by atoms with Crippen LogP contribution in [0.25, 0.3) is 0 Å². The van der Waals surface area contributed by atoms with Crippen molar-refractivity contribution < 1.29 is 17.2 Å². The SMILES string of the molecule is C=C1Nc2ccc(NS(=O)(=O)c3ccc(F)cc3F)cc2N1. The number of hydrogen-bond acceptors (Lipinski definition) is 4. The molecule has 3 N–H and O–H groups in total. The van der Waals surface area contributed by atoms with Gasteiger partial charge in [0.05, 0.1) is 17.1 Å². The fourth-order valence-corrected chi connectivity index (χ4v) is 3.19. The van der Waals surface area contributed by atoms with Gasteiger partial charge in [-0.2, -0.15) is 0 Å². The molecule has 0 saturated heterocycles. The third-order valence-electron chi connectivity index (χ3n) is 3.03. The first kappa shape index (κ1) is 14.3. The number of halogens is 2. The minimum Gasteiger partial charge on any atom is -0.341 e. The molecular formula is C14H11F2N3O2S. The van der Waals surface area contributed by atoms with Gasteiger partial charge in [-0.15, -0.1) is 0 Å². The van der Waals surface area contributed by atoms with Crippen molar-refractivity contribution in [3.8, 4) is 0 Å².